The van der Waals surface area contributed by atoms with E-state index in [9.17, 15) is 4.79 Å². The Labute approximate surface area is 113 Å². The summed E-state index contributed by atoms with van der Waals surface area (Å²) in [5.41, 5.74) is 0. The van der Waals surface area contributed by atoms with Gasteiger partial charge in [-0.1, -0.05) is 6.92 Å². The number of likely N-dealkylation sites (tertiary alicyclic amines) is 1. The highest BCUT2D eigenvalue weighted by Crippen LogP contribution is 2.25. The van der Waals surface area contributed by atoms with Crippen LogP contribution in [0, 0.1) is 0 Å². The molecule has 1 saturated heterocycles. The normalized spacial score (nSPS) is 19.4. The van der Waals surface area contributed by atoms with Gasteiger partial charge in [0.05, 0.1) is 12.3 Å². The van der Waals surface area contributed by atoms with Gasteiger partial charge in [-0.3, -0.25) is 9.69 Å². The molecule has 1 aliphatic rings. The van der Waals surface area contributed by atoms with Crippen molar-refractivity contribution < 1.29 is 14.3 Å². The van der Waals surface area contributed by atoms with Crippen molar-refractivity contribution in [3.05, 3.63) is 24.2 Å². The summed E-state index contributed by atoms with van der Waals surface area (Å²) >= 11 is 0. The van der Waals surface area contributed by atoms with Gasteiger partial charge in [0.25, 0.3) is 0 Å². The van der Waals surface area contributed by atoms with Gasteiger partial charge in [0.2, 0.25) is 0 Å². The molecule has 5 heteroatoms. The number of carboxylic acid groups (broad SMARTS) is 1. The minimum atomic E-state index is -0.790. The molecule has 1 aromatic heterocycles. The lowest BCUT2D eigenvalue weighted by atomic mass is 10.1. The first-order valence-electron chi connectivity index (χ1n) is 6.96. The van der Waals surface area contributed by atoms with Crippen molar-refractivity contribution in [2.45, 2.75) is 38.3 Å². The summed E-state index contributed by atoms with van der Waals surface area (Å²) in [6, 6.07) is 3.49. The second kappa shape index (κ2) is 6.73. The summed E-state index contributed by atoms with van der Waals surface area (Å²) in [5.74, 6) is 0.122. The summed E-state index contributed by atoms with van der Waals surface area (Å²) in [6.07, 6.45) is 4.66. The van der Waals surface area contributed by atoms with Crippen molar-refractivity contribution in [1.29, 1.82) is 0 Å². The summed E-state index contributed by atoms with van der Waals surface area (Å²) < 4.78 is 5.51. The molecule has 0 aliphatic carbocycles. The highest BCUT2D eigenvalue weighted by atomic mass is 16.4. The Morgan fingerprint density at radius 2 is 2.26 bits per heavy atom. The lowest BCUT2D eigenvalue weighted by molar-refractivity contribution is -0.139. The van der Waals surface area contributed by atoms with Crippen LogP contribution < -0.4 is 5.32 Å². The number of nitrogens with zero attached hydrogens (tertiary/aromatic N) is 1. The highest BCUT2D eigenvalue weighted by Gasteiger charge is 2.26. The van der Waals surface area contributed by atoms with E-state index < -0.39 is 12.0 Å². The zero-order chi connectivity index (χ0) is 13.7. The molecule has 1 fully saturated rings. The van der Waals surface area contributed by atoms with E-state index in [1.165, 1.54) is 12.8 Å². The average Bonchev–Trinajstić information content (AvgIpc) is 3.07. The van der Waals surface area contributed by atoms with Gasteiger partial charge >= 0.3 is 5.97 Å². The van der Waals surface area contributed by atoms with Gasteiger partial charge in [-0.25, -0.2) is 0 Å². The van der Waals surface area contributed by atoms with Crippen LogP contribution >= 0.6 is 0 Å². The monoisotopic (exact) mass is 266 g/mol. The number of aliphatic carboxylic acids is 1. The summed E-state index contributed by atoms with van der Waals surface area (Å²) in [6.45, 7) is 4.59. The van der Waals surface area contributed by atoms with E-state index in [0.717, 1.165) is 18.8 Å². The number of hydrogen-bond donors (Lipinski definition) is 2. The minimum absolute atomic E-state index is 0.130. The van der Waals surface area contributed by atoms with Gasteiger partial charge in [0, 0.05) is 6.54 Å². The average molecular weight is 266 g/mol. The largest absolute Gasteiger partial charge is 0.480 e. The third-order valence-corrected chi connectivity index (χ3v) is 3.72. The zero-order valence-electron chi connectivity index (χ0n) is 11.3. The summed E-state index contributed by atoms with van der Waals surface area (Å²) in [4.78, 5) is 13.4. The second-order valence-electron chi connectivity index (χ2n) is 4.98. The number of furan rings is 1. The Kier molecular flexibility index (Phi) is 4.99. The number of carbonyl (C=O) groups is 1. The predicted octanol–water partition coefficient (Wildman–Crippen LogP) is 1.87. The van der Waals surface area contributed by atoms with Crippen LogP contribution in [0.15, 0.2) is 22.8 Å². The molecule has 0 radical (unpaired) electrons. The quantitative estimate of drug-likeness (QED) is 0.788. The fourth-order valence-electron chi connectivity index (χ4n) is 2.60. The second-order valence-corrected chi connectivity index (χ2v) is 4.98. The molecular formula is C14H22N2O3. The topological polar surface area (TPSA) is 65.7 Å². The molecular weight excluding hydrogens is 244 g/mol. The van der Waals surface area contributed by atoms with Crippen LogP contribution in [0.3, 0.4) is 0 Å². The van der Waals surface area contributed by atoms with Crippen molar-refractivity contribution in [3.63, 3.8) is 0 Å². The number of carboxylic acids is 1. The van der Waals surface area contributed by atoms with E-state index in [-0.39, 0.29) is 6.04 Å². The molecule has 2 N–H and O–H groups in total. The third kappa shape index (κ3) is 3.58. The molecule has 0 bridgehead atoms. The maximum absolute atomic E-state index is 11.1. The van der Waals surface area contributed by atoms with E-state index in [0.29, 0.717) is 13.0 Å². The van der Waals surface area contributed by atoms with Crippen LogP contribution in [0.4, 0.5) is 0 Å². The first-order chi connectivity index (χ1) is 9.22. The van der Waals surface area contributed by atoms with Crippen molar-refractivity contribution >= 4 is 5.97 Å². The molecule has 19 heavy (non-hydrogen) atoms. The van der Waals surface area contributed by atoms with E-state index in [1.54, 1.807) is 6.26 Å². The summed E-state index contributed by atoms with van der Waals surface area (Å²) in [5, 5.41) is 12.2. The van der Waals surface area contributed by atoms with Crippen LogP contribution in [0.5, 0.6) is 0 Å². The SMILES string of the molecule is CCC(NCC(c1ccco1)N1CCCC1)C(=O)O. The molecule has 2 rings (SSSR count). The fraction of sp³-hybridized carbons (Fsp3) is 0.643. The van der Waals surface area contributed by atoms with E-state index >= 15 is 0 Å². The van der Waals surface area contributed by atoms with E-state index in [2.05, 4.69) is 10.2 Å². The van der Waals surface area contributed by atoms with Gasteiger partial charge in [0.1, 0.15) is 11.8 Å². The standard InChI is InChI=1S/C14H22N2O3/c1-2-11(14(17)18)15-10-12(13-6-5-9-19-13)16-7-3-4-8-16/h5-6,9,11-12,15H,2-4,7-8,10H2,1H3,(H,17,18). The Morgan fingerprint density at radius 3 is 2.79 bits per heavy atom. The number of rotatable bonds is 7. The molecule has 0 saturated carbocycles. The van der Waals surface area contributed by atoms with Crippen molar-refractivity contribution in [1.82, 2.24) is 10.2 Å². The van der Waals surface area contributed by atoms with Gasteiger partial charge in [-0.15, -0.1) is 0 Å². The maximum Gasteiger partial charge on any atom is 0.320 e. The molecule has 0 spiro atoms. The van der Waals surface area contributed by atoms with Crippen molar-refractivity contribution in [2.75, 3.05) is 19.6 Å². The fourth-order valence-corrected chi connectivity index (χ4v) is 2.60. The molecule has 0 aromatic carbocycles. The van der Waals surface area contributed by atoms with Crippen LogP contribution in [0.1, 0.15) is 38.0 Å². The first-order valence-corrected chi connectivity index (χ1v) is 6.96. The molecule has 1 aliphatic heterocycles. The Hall–Kier alpha value is -1.33. The van der Waals surface area contributed by atoms with Gasteiger partial charge in [-0.2, -0.15) is 0 Å². The molecule has 1 aromatic rings. The zero-order valence-corrected chi connectivity index (χ0v) is 11.3. The lowest BCUT2D eigenvalue weighted by Gasteiger charge is -2.27. The maximum atomic E-state index is 11.1. The Bertz CT molecular complexity index is 385. The molecule has 2 atom stereocenters. The molecule has 2 unspecified atom stereocenters. The third-order valence-electron chi connectivity index (χ3n) is 3.72. The van der Waals surface area contributed by atoms with Crippen LogP contribution in [-0.2, 0) is 4.79 Å². The first kappa shape index (κ1) is 14.1. The Balaban J connectivity index is 2.00. The Morgan fingerprint density at radius 1 is 1.53 bits per heavy atom. The van der Waals surface area contributed by atoms with Gasteiger partial charge < -0.3 is 14.8 Å². The number of hydrogen-bond acceptors (Lipinski definition) is 4. The summed E-state index contributed by atoms with van der Waals surface area (Å²) in [7, 11) is 0. The van der Waals surface area contributed by atoms with Crippen molar-refractivity contribution in [2.24, 2.45) is 0 Å². The van der Waals surface area contributed by atoms with Crippen LogP contribution in [0.2, 0.25) is 0 Å². The van der Waals surface area contributed by atoms with E-state index in [4.69, 9.17) is 9.52 Å². The smallest absolute Gasteiger partial charge is 0.320 e. The molecule has 106 valence electrons. The van der Waals surface area contributed by atoms with E-state index in [1.807, 2.05) is 19.1 Å². The van der Waals surface area contributed by atoms with Crippen molar-refractivity contribution in [3.8, 4) is 0 Å². The molecule has 0 amide bonds. The lowest BCUT2D eigenvalue weighted by Crippen LogP contribution is -2.42. The predicted molar refractivity (Wildman–Crippen MR) is 72.0 cm³/mol. The number of nitrogens with one attached hydrogen (secondary N) is 1. The minimum Gasteiger partial charge on any atom is -0.480 e. The molecule has 2 heterocycles. The molecule has 5 nitrogen and oxygen atoms in total. The van der Waals surface area contributed by atoms with Crippen LogP contribution in [-0.4, -0.2) is 41.7 Å². The van der Waals surface area contributed by atoms with Gasteiger partial charge in [0.15, 0.2) is 0 Å². The van der Waals surface area contributed by atoms with Gasteiger partial charge in [-0.05, 0) is 44.5 Å². The highest BCUT2D eigenvalue weighted by molar-refractivity contribution is 5.73. The van der Waals surface area contributed by atoms with Crippen LogP contribution in [0.25, 0.3) is 0 Å².